The lowest BCUT2D eigenvalue weighted by Crippen LogP contribution is -2.56. The average Bonchev–Trinajstić information content (AvgIpc) is 3.55. The van der Waals surface area contributed by atoms with Crippen molar-refractivity contribution >= 4 is 40.5 Å². The summed E-state index contributed by atoms with van der Waals surface area (Å²) in [5.41, 5.74) is 1.16. The Bertz CT molecular complexity index is 1230. The number of esters is 1. The Kier molecular flexibility index (Phi) is 6.23. The molecular formula is C28H31ClN2O5S. The molecule has 1 aromatic carbocycles. The minimum Gasteiger partial charge on any atom is -0.493 e. The van der Waals surface area contributed by atoms with Crippen LogP contribution in [0, 0.1) is 17.3 Å². The zero-order chi connectivity index (χ0) is 25.8. The molecular weight excluding hydrogens is 512 g/mol. The van der Waals surface area contributed by atoms with Crippen molar-refractivity contribution < 1.29 is 23.8 Å². The van der Waals surface area contributed by atoms with Crippen molar-refractivity contribution in [3.05, 3.63) is 46.2 Å². The molecule has 9 heteroatoms. The van der Waals surface area contributed by atoms with E-state index in [1.807, 2.05) is 35.7 Å². The Morgan fingerprint density at radius 1 is 1.11 bits per heavy atom. The standard InChI is InChI=1S/C28H31ClN2O5S/c1-34-22-6-5-19(9-23(22)35-2)21-10-20(24-4-3-7-37-24)30-31(21)25(32)15-36-26(33)27-11-17-8-18(12-27)14-28(29,13-17)16-27/h3-7,9,17-18,21H,8,10-16H2,1-2H3/t17-,18-,21+,27?,28?/m1/s1. The maximum absolute atomic E-state index is 13.5. The fourth-order valence-corrected chi connectivity index (χ4v) is 8.80. The van der Waals surface area contributed by atoms with E-state index >= 15 is 0 Å². The van der Waals surface area contributed by atoms with E-state index in [9.17, 15) is 9.59 Å². The molecule has 1 aromatic heterocycles. The molecule has 0 radical (unpaired) electrons. The highest BCUT2D eigenvalue weighted by Crippen LogP contribution is 2.64. The number of hydrogen-bond donors (Lipinski definition) is 0. The maximum Gasteiger partial charge on any atom is 0.312 e. The van der Waals surface area contributed by atoms with Crippen LogP contribution in [0.4, 0.5) is 0 Å². The molecule has 4 saturated carbocycles. The monoisotopic (exact) mass is 542 g/mol. The normalized spacial score (nSPS) is 31.8. The first-order valence-corrected chi connectivity index (χ1v) is 14.1. The molecule has 5 aliphatic rings. The first kappa shape index (κ1) is 24.7. The van der Waals surface area contributed by atoms with Crippen molar-refractivity contribution in [2.24, 2.45) is 22.4 Å². The van der Waals surface area contributed by atoms with Crippen LogP contribution < -0.4 is 9.47 Å². The highest BCUT2D eigenvalue weighted by Gasteiger charge is 2.61. The number of hydrazone groups is 1. The first-order chi connectivity index (χ1) is 17.8. The Balaban J connectivity index is 1.21. The molecule has 4 aliphatic carbocycles. The zero-order valence-electron chi connectivity index (χ0n) is 21.1. The predicted octanol–water partition coefficient (Wildman–Crippen LogP) is 5.56. The molecule has 0 unspecified atom stereocenters. The van der Waals surface area contributed by atoms with Gasteiger partial charge in [-0.25, -0.2) is 5.01 Å². The molecule has 7 rings (SSSR count). The number of rotatable bonds is 7. The van der Waals surface area contributed by atoms with Gasteiger partial charge in [0.05, 0.1) is 36.3 Å². The Labute approximate surface area is 225 Å². The summed E-state index contributed by atoms with van der Waals surface area (Å²) in [4.78, 5) is 27.6. The largest absolute Gasteiger partial charge is 0.493 e. The lowest BCUT2D eigenvalue weighted by molar-refractivity contribution is -0.173. The first-order valence-electron chi connectivity index (χ1n) is 12.8. The molecule has 2 aromatic rings. The van der Waals surface area contributed by atoms with E-state index in [2.05, 4.69) is 0 Å². The van der Waals surface area contributed by atoms with Crippen LogP contribution >= 0.6 is 22.9 Å². The lowest BCUT2D eigenvalue weighted by atomic mass is 9.49. The number of benzene rings is 1. The molecule has 0 saturated heterocycles. The van der Waals surface area contributed by atoms with Gasteiger partial charge in [-0.2, -0.15) is 5.10 Å². The van der Waals surface area contributed by atoms with E-state index < -0.39 is 5.41 Å². The second-order valence-electron chi connectivity index (χ2n) is 11.1. The van der Waals surface area contributed by atoms with E-state index in [1.54, 1.807) is 25.6 Å². The molecule has 0 N–H and O–H groups in total. The van der Waals surface area contributed by atoms with E-state index in [1.165, 1.54) is 5.01 Å². The van der Waals surface area contributed by atoms with E-state index in [4.69, 9.17) is 30.9 Å². The van der Waals surface area contributed by atoms with Crippen LogP contribution in [0.3, 0.4) is 0 Å². The van der Waals surface area contributed by atoms with Crippen molar-refractivity contribution in [1.29, 1.82) is 0 Å². The molecule has 4 bridgehead atoms. The molecule has 2 heterocycles. The second-order valence-corrected chi connectivity index (χ2v) is 12.8. The van der Waals surface area contributed by atoms with Gasteiger partial charge in [0.25, 0.3) is 5.91 Å². The quantitative estimate of drug-likeness (QED) is 0.338. The van der Waals surface area contributed by atoms with Gasteiger partial charge in [0, 0.05) is 11.3 Å². The summed E-state index contributed by atoms with van der Waals surface area (Å²) in [6.07, 6.45) is 5.98. The molecule has 7 nitrogen and oxygen atoms in total. The van der Waals surface area contributed by atoms with Gasteiger partial charge in [-0.15, -0.1) is 22.9 Å². The third-order valence-corrected chi connectivity index (χ3v) is 9.87. The van der Waals surface area contributed by atoms with Crippen LogP contribution in [0.25, 0.3) is 0 Å². The summed E-state index contributed by atoms with van der Waals surface area (Å²) in [5, 5.41) is 8.15. The Hall–Kier alpha value is -2.58. The Morgan fingerprint density at radius 2 is 1.86 bits per heavy atom. The van der Waals surface area contributed by atoms with Crippen LogP contribution in [-0.4, -0.2) is 48.3 Å². The minimum absolute atomic E-state index is 0.274. The lowest BCUT2D eigenvalue weighted by Gasteiger charge is -2.58. The molecule has 1 aliphatic heterocycles. The third kappa shape index (κ3) is 4.42. The van der Waals surface area contributed by atoms with Crippen molar-refractivity contribution in [3.63, 3.8) is 0 Å². The van der Waals surface area contributed by atoms with Crippen LogP contribution in [0.2, 0.25) is 0 Å². The molecule has 4 fully saturated rings. The second kappa shape index (κ2) is 9.31. The van der Waals surface area contributed by atoms with Crippen molar-refractivity contribution in [2.45, 2.75) is 55.9 Å². The zero-order valence-corrected chi connectivity index (χ0v) is 22.6. The Morgan fingerprint density at radius 3 is 2.51 bits per heavy atom. The maximum atomic E-state index is 13.5. The van der Waals surface area contributed by atoms with Gasteiger partial charge < -0.3 is 14.2 Å². The predicted molar refractivity (Wildman–Crippen MR) is 141 cm³/mol. The number of carbonyl (C=O) groups excluding carboxylic acids is 2. The van der Waals surface area contributed by atoms with Crippen LogP contribution in [-0.2, 0) is 14.3 Å². The summed E-state index contributed by atoms with van der Waals surface area (Å²) in [6, 6.07) is 9.25. The number of hydrogen-bond acceptors (Lipinski definition) is 7. The van der Waals surface area contributed by atoms with E-state index in [0.717, 1.165) is 48.3 Å². The summed E-state index contributed by atoms with van der Waals surface area (Å²) in [7, 11) is 3.17. The number of nitrogens with zero attached hydrogens (tertiary/aromatic N) is 2. The number of ether oxygens (including phenoxy) is 3. The van der Waals surface area contributed by atoms with Gasteiger partial charge in [-0.3, -0.25) is 9.59 Å². The molecule has 1 amide bonds. The van der Waals surface area contributed by atoms with Crippen LogP contribution in [0.1, 0.15) is 61.4 Å². The number of alkyl halides is 1. The topological polar surface area (TPSA) is 77.4 Å². The van der Waals surface area contributed by atoms with Crippen LogP contribution in [0.5, 0.6) is 11.5 Å². The number of carbonyl (C=O) groups is 2. The smallest absolute Gasteiger partial charge is 0.312 e. The number of halogens is 1. The van der Waals surface area contributed by atoms with Crippen molar-refractivity contribution in [3.8, 4) is 11.5 Å². The van der Waals surface area contributed by atoms with Gasteiger partial charge in [-0.1, -0.05) is 12.1 Å². The fourth-order valence-electron chi connectivity index (χ4n) is 7.39. The molecule has 37 heavy (non-hydrogen) atoms. The average molecular weight is 543 g/mol. The van der Waals surface area contributed by atoms with Gasteiger partial charge in [0.2, 0.25) is 0 Å². The van der Waals surface area contributed by atoms with Gasteiger partial charge in [0.1, 0.15) is 0 Å². The molecule has 0 spiro atoms. The fraction of sp³-hybridized carbons (Fsp3) is 0.536. The summed E-state index contributed by atoms with van der Waals surface area (Å²) >= 11 is 8.49. The summed E-state index contributed by atoms with van der Waals surface area (Å²) < 4.78 is 16.6. The summed E-state index contributed by atoms with van der Waals surface area (Å²) in [5.74, 6) is 1.54. The van der Waals surface area contributed by atoms with Gasteiger partial charge in [-0.05, 0) is 79.5 Å². The third-order valence-electron chi connectivity index (χ3n) is 8.51. The highest BCUT2D eigenvalue weighted by atomic mass is 35.5. The minimum atomic E-state index is -0.550. The van der Waals surface area contributed by atoms with Gasteiger partial charge in [0.15, 0.2) is 18.1 Å². The van der Waals surface area contributed by atoms with Crippen molar-refractivity contribution in [1.82, 2.24) is 5.01 Å². The molecule has 196 valence electrons. The number of amides is 1. The van der Waals surface area contributed by atoms with Gasteiger partial charge >= 0.3 is 5.97 Å². The van der Waals surface area contributed by atoms with E-state index in [-0.39, 0.29) is 29.4 Å². The van der Waals surface area contributed by atoms with E-state index in [0.29, 0.717) is 36.2 Å². The van der Waals surface area contributed by atoms with Crippen LogP contribution in [0.15, 0.2) is 40.8 Å². The number of thiophene rings is 1. The van der Waals surface area contributed by atoms with Crippen molar-refractivity contribution in [2.75, 3.05) is 20.8 Å². The SMILES string of the molecule is COc1ccc([C@@H]2CC(c3cccs3)=NN2C(=O)COC(=O)C23C[C@H]4C[C@@H](CC(Cl)(C4)C2)C3)cc1OC. The molecule has 3 atom stereocenters. The summed E-state index contributed by atoms with van der Waals surface area (Å²) in [6.45, 7) is -0.337. The number of methoxy groups -OCH3 is 2. The highest BCUT2D eigenvalue weighted by molar-refractivity contribution is 7.12.